The quantitative estimate of drug-likeness (QED) is 0.404. The zero-order chi connectivity index (χ0) is 18.0. The van der Waals surface area contributed by atoms with Crippen LogP contribution in [0.4, 0.5) is 0 Å². The summed E-state index contributed by atoms with van der Waals surface area (Å²) < 4.78 is 0. The first-order valence-electron chi connectivity index (χ1n) is 8.14. The molecule has 0 fully saturated rings. The predicted octanol–water partition coefficient (Wildman–Crippen LogP) is 3.86. The average Bonchev–Trinajstić information content (AvgIpc) is 3.14. The van der Waals surface area contributed by atoms with Crippen molar-refractivity contribution in [1.82, 2.24) is 0 Å². The second kappa shape index (κ2) is 4.82. The minimum absolute atomic E-state index is 0.139. The Morgan fingerprint density at radius 2 is 0.885 bits per heavy atom. The maximum atomic E-state index is 13.1. The number of terminal acetylenes is 2. The first-order valence-corrected chi connectivity index (χ1v) is 8.14. The zero-order valence-electron chi connectivity index (χ0n) is 13.6. The summed E-state index contributed by atoms with van der Waals surface area (Å²) in [5, 5.41) is 4.71. The average molecular weight is 330 g/mol. The van der Waals surface area contributed by atoms with Gasteiger partial charge in [-0.25, -0.2) is 0 Å². The van der Waals surface area contributed by atoms with Gasteiger partial charge in [-0.2, -0.15) is 0 Å². The van der Waals surface area contributed by atoms with Gasteiger partial charge < -0.3 is 0 Å². The summed E-state index contributed by atoms with van der Waals surface area (Å²) >= 11 is 0. The van der Waals surface area contributed by atoms with Crippen LogP contribution in [0.3, 0.4) is 0 Å². The fourth-order valence-corrected chi connectivity index (χ4v) is 4.10. The summed E-state index contributed by atoms with van der Waals surface area (Å²) in [6.07, 6.45) is 11.6. The lowest BCUT2D eigenvalue weighted by Crippen LogP contribution is -2.01. The van der Waals surface area contributed by atoms with E-state index in [4.69, 9.17) is 12.8 Å². The Morgan fingerprint density at radius 1 is 0.538 bits per heavy atom. The third-order valence-electron chi connectivity index (χ3n) is 5.12. The second-order valence-corrected chi connectivity index (χ2v) is 6.29. The highest BCUT2D eigenvalue weighted by Crippen LogP contribution is 2.38. The summed E-state index contributed by atoms with van der Waals surface area (Å²) in [4.78, 5) is 26.2. The van der Waals surface area contributed by atoms with E-state index in [1.165, 1.54) is 0 Å². The van der Waals surface area contributed by atoms with Crippen molar-refractivity contribution in [2.24, 2.45) is 0 Å². The third kappa shape index (κ3) is 1.50. The Hall–Kier alpha value is -3.88. The van der Waals surface area contributed by atoms with Gasteiger partial charge in [0.1, 0.15) is 0 Å². The van der Waals surface area contributed by atoms with E-state index in [1.54, 1.807) is 12.1 Å². The van der Waals surface area contributed by atoms with Crippen molar-refractivity contribution in [1.29, 1.82) is 0 Å². The molecule has 0 heterocycles. The lowest BCUT2D eigenvalue weighted by atomic mass is 9.95. The van der Waals surface area contributed by atoms with Gasteiger partial charge in [0.15, 0.2) is 10.9 Å². The van der Waals surface area contributed by atoms with Crippen LogP contribution in [0.5, 0.6) is 0 Å². The van der Waals surface area contributed by atoms with Gasteiger partial charge in [0.2, 0.25) is 0 Å². The van der Waals surface area contributed by atoms with Crippen LogP contribution in [0.25, 0.3) is 43.1 Å². The smallest absolute Gasteiger partial charge is 0.195 e. The van der Waals surface area contributed by atoms with Gasteiger partial charge in [-0.3, -0.25) is 9.59 Å². The predicted molar refractivity (Wildman–Crippen MR) is 107 cm³/mol. The van der Waals surface area contributed by atoms with Gasteiger partial charge in [-0.15, -0.1) is 12.8 Å². The maximum Gasteiger partial charge on any atom is 0.195 e. The summed E-state index contributed by atoms with van der Waals surface area (Å²) in [7, 11) is 0. The van der Waals surface area contributed by atoms with Crippen molar-refractivity contribution in [3.63, 3.8) is 0 Å². The largest absolute Gasteiger partial charge is 0.289 e. The van der Waals surface area contributed by atoms with Gasteiger partial charge in [0.05, 0.1) is 0 Å². The van der Waals surface area contributed by atoms with Crippen molar-refractivity contribution in [3.8, 4) is 24.7 Å². The molecule has 0 aliphatic carbocycles. The molecule has 26 heavy (non-hydrogen) atoms. The molecule has 0 saturated carbocycles. The Bertz CT molecular complexity index is 1460. The van der Waals surface area contributed by atoms with Crippen LogP contribution in [0.2, 0.25) is 0 Å². The zero-order valence-corrected chi connectivity index (χ0v) is 13.6. The summed E-state index contributed by atoms with van der Waals surface area (Å²) in [5.41, 5.74) is 0.626. The van der Waals surface area contributed by atoms with Crippen LogP contribution in [0, 0.1) is 24.7 Å². The SMILES string of the molecule is C#Cc1c2c(=O)c3ccccc3c2c(C#C)c2c(=O)c3ccccc3c12. The molecule has 5 aromatic carbocycles. The van der Waals surface area contributed by atoms with E-state index in [1.807, 2.05) is 36.4 Å². The molecule has 0 spiro atoms. The van der Waals surface area contributed by atoms with Gasteiger partial charge in [-0.05, 0) is 10.8 Å². The fraction of sp³-hybridized carbons (Fsp3) is 0. The highest BCUT2D eigenvalue weighted by atomic mass is 16.1. The summed E-state index contributed by atoms with van der Waals surface area (Å²) in [6.45, 7) is 0. The van der Waals surface area contributed by atoms with Gasteiger partial charge in [-0.1, -0.05) is 60.4 Å². The van der Waals surface area contributed by atoms with Crippen molar-refractivity contribution >= 4 is 43.1 Å². The number of rotatable bonds is 0. The molecular weight excluding hydrogens is 320 g/mol. The Balaban J connectivity index is 2.33. The monoisotopic (exact) mass is 330 g/mol. The molecule has 118 valence electrons. The fourth-order valence-electron chi connectivity index (χ4n) is 4.10. The normalized spacial score (nSPS) is 11.3. The molecule has 0 unspecified atom stereocenters. The molecule has 5 aromatic rings. The van der Waals surface area contributed by atoms with E-state index in [-0.39, 0.29) is 10.9 Å². The lowest BCUT2D eigenvalue weighted by Gasteiger charge is -2.04. The Labute approximate surface area is 148 Å². The molecule has 2 nitrogen and oxygen atoms in total. The minimum Gasteiger partial charge on any atom is -0.289 e. The maximum absolute atomic E-state index is 13.1. The molecular formula is C24H10O2. The van der Waals surface area contributed by atoms with E-state index in [9.17, 15) is 9.59 Å². The highest BCUT2D eigenvalue weighted by molar-refractivity contribution is 6.27. The molecule has 0 aliphatic heterocycles. The molecule has 0 N–H and O–H groups in total. The molecule has 0 amide bonds. The van der Waals surface area contributed by atoms with Crippen LogP contribution in [-0.4, -0.2) is 0 Å². The first kappa shape index (κ1) is 14.5. The van der Waals surface area contributed by atoms with Crippen molar-refractivity contribution in [3.05, 3.63) is 80.1 Å². The van der Waals surface area contributed by atoms with E-state index >= 15 is 0 Å². The molecule has 0 bridgehead atoms. The van der Waals surface area contributed by atoms with Crippen LogP contribution in [0.15, 0.2) is 58.1 Å². The second-order valence-electron chi connectivity index (χ2n) is 6.29. The standard InChI is InChI=1S/C24H10O2/c1-3-13-19-15-9-5-7-11-17(15)24(26)22(19)14(4-2)20-16-10-6-8-12-18(16)23(25)21(13)20/h1-2,5-12H. The molecule has 0 aromatic heterocycles. The van der Waals surface area contributed by atoms with E-state index in [2.05, 4.69) is 11.8 Å². The summed E-state index contributed by atoms with van der Waals surface area (Å²) in [5.74, 6) is 5.33. The van der Waals surface area contributed by atoms with Crippen LogP contribution < -0.4 is 10.9 Å². The minimum atomic E-state index is -0.139. The van der Waals surface area contributed by atoms with Crippen molar-refractivity contribution < 1.29 is 0 Å². The van der Waals surface area contributed by atoms with Crippen molar-refractivity contribution in [2.45, 2.75) is 0 Å². The van der Waals surface area contributed by atoms with Gasteiger partial charge in [0, 0.05) is 43.4 Å². The third-order valence-corrected chi connectivity index (χ3v) is 5.12. The van der Waals surface area contributed by atoms with Gasteiger partial charge in [0.25, 0.3) is 0 Å². The van der Waals surface area contributed by atoms with Crippen LogP contribution >= 0.6 is 0 Å². The van der Waals surface area contributed by atoms with Crippen LogP contribution in [-0.2, 0) is 0 Å². The van der Waals surface area contributed by atoms with Crippen LogP contribution in [0.1, 0.15) is 11.1 Å². The molecule has 0 aliphatic rings. The number of fused-ring (bicyclic) bond motifs is 6. The Morgan fingerprint density at radius 3 is 1.23 bits per heavy atom. The van der Waals surface area contributed by atoms with Crippen molar-refractivity contribution in [2.75, 3.05) is 0 Å². The number of benzene rings is 3. The molecule has 0 radical (unpaired) electrons. The molecule has 5 rings (SSSR count). The number of hydrogen-bond donors (Lipinski definition) is 0. The van der Waals surface area contributed by atoms with E-state index in [0.29, 0.717) is 43.4 Å². The van der Waals surface area contributed by atoms with E-state index < -0.39 is 0 Å². The summed E-state index contributed by atoms with van der Waals surface area (Å²) in [6, 6.07) is 14.5. The highest BCUT2D eigenvalue weighted by Gasteiger charge is 2.24. The Kier molecular flexibility index (Phi) is 2.68. The molecule has 2 heteroatoms. The topological polar surface area (TPSA) is 34.1 Å². The van der Waals surface area contributed by atoms with E-state index in [0.717, 1.165) is 10.8 Å². The molecule has 0 atom stereocenters. The number of hydrogen-bond acceptors (Lipinski definition) is 2. The first-order chi connectivity index (χ1) is 12.7. The molecule has 0 saturated heterocycles. The van der Waals surface area contributed by atoms with Gasteiger partial charge >= 0.3 is 0 Å². The lowest BCUT2D eigenvalue weighted by molar-refractivity contribution is 1.78.